The molecular weight excluding hydrogens is 347 g/mol. The number of carbonyl (C=O) groups is 2. The lowest BCUT2D eigenvalue weighted by Crippen LogP contribution is -2.47. The van der Waals surface area contributed by atoms with E-state index in [1.165, 1.54) is 24.3 Å². The molecule has 0 atom stereocenters. The molecule has 0 radical (unpaired) electrons. The third-order valence-electron chi connectivity index (χ3n) is 4.63. The van der Waals surface area contributed by atoms with Gasteiger partial charge in [-0.2, -0.15) is 0 Å². The van der Waals surface area contributed by atoms with Gasteiger partial charge >= 0.3 is 0 Å². The number of ether oxygens (including phenoxy) is 1. The number of amides is 2. The van der Waals surface area contributed by atoms with Crippen molar-refractivity contribution < 1.29 is 18.7 Å². The van der Waals surface area contributed by atoms with E-state index in [9.17, 15) is 14.0 Å². The van der Waals surface area contributed by atoms with Gasteiger partial charge in [0.15, 0.2) is 6.61 Å². The number of benzene rings is 2. The maximum absolute atomic E-state index is 13.0. The summed E-state index contributed by atoms with van der Waals surface area (Å²) in [6.45, 7) is 3.07. The second-order valence-electron chi connectivity index (χ2n) is 6.74. The number of piperidine rings is 1. The van der Waals surface area contributed by atoms with Gasteiger partial charge in [0.1, 0.15) is 11.6 Å². The number of hydrogen-bond donors (Lipinski definition) is 1. The number of nitrogens with one attached hydrogen (secondary N) is 1. The molecule has 1 N–H and O–H groups in total. The van der Waals surface area contributed by atoms with Crippen molar-refractivity contribution in [3.63, 3.8) is 0 Å². The summed E-state index contributed by atoms with van der Waals surface area (Å²) in [5, 5.41) is 2.96. The summed E-state index contributed by atoms with van der Waals surface area (Å²) in [4.78, 5) is 26.2. The predicted octanol–water partition coefficient (Wildman–Crippen LogP) is 2.93. The monoisotopic (exact) mass is 370 g/mol. The summed E-state index contributed by atoms with van der Waals surface area (Å²) in [7, 11) is 0. The topological polar surface area (TPSA) is 58.6 Å². The second kappa shape index (κ2) is 8.66. The molecule has 0 spiro atoms. The fraction of sp³-hybridized carbons (Fsp3) is 0.333. The van der Waals surface area contributed by atoms with E-state index in [0.717, 1.165) is 5.56 Å². The van der Waals surface area contributed by atoms with Gasteiger partial charge in [0.05, 0.1) is 0 Å². The van der Waals surface area contributed by atoms with Gasteiger partial charge in [-0.25, -0.2) is 4.39 Å². The molecule has 6 heteroatoms. The van der Waals surface area contributed by atoms with Gasteiger partial charge in [-0.05, 0) is 56.2 Å². The maximum Gasteiger partial charge on any atom is 0.258 e. The van der Waals surface area contributed by atoms with Crippen molar-refractivity contribution in [1.29, 1.82) is 0 Å². The molecule has 2 aromatic rings. The zero-order chi connectivity index (χ0) is 19.2. The zero-order valence-corrected chi connectivity index (χ0v) is 15.3. The molecule has 142 valence electrons. The molecule has 2 aromatic carbocycles. The van der Waals surface area contributed by atoms with Crippen LogP contribution in [0.2, 0.25) is 0 Å². The molecular formula is C21H23FN2O3. The van der Waals surface area contributed by atoms with Crippen LogP contribution in [0, 0.1) is 12.7 Å². The van der Waals surface area contributed by atoms with E-state index in [0.29, 0.717) is 37.2 Å². The summed E-state index contributed by atoms with van der Waals surface area (Å²) < 4.78 is 18.5. The van der Waals surface area contributed by atoms with Crippen LogP contribution in [0.25, 0.3) is 0 Å². The van der Waals surface area contributed by atoms with Gasteiger partial charge in [-0.1, -0.05) is 17.7 Å². The Bertz CT molecular complexity index is 782. The van der Waals surface area contributed by atoms with Crippen molar-refractivity contribution in [2.75, 3.05) is 19.7 Å². The molecule has 0 bridgehead atoms. The smallest absolute Gasteiger partial charge is 0.258 e. The Kier molecular flexibility index (Phi) is 6.06. The number of aryl methyl sites for hydroxylation is 1. The highest BCUT2D eigenvalue weighted by Crippen LogP contribution is 2.15. The number of nitrogens with zero attached hydrogens (tertiary/aromatic N) is 1. The molecule has 1 fully saturated rings. The van der Waals surface area contributed by atoms with Crippen LogP contribution >= 0.6 is 0 Å². The first-order valence-corrected chi connectivity index (χ1v) is 9.05. The van der Waals surface area contributed by atoms with Crippen LogP contribution < -0.4 is 10.1 Å². The van der Waals surface area contributed by atoms with Crippen LogP contribution in [0.15, 0.2) is 48.5 Å². The van der Waals surface area contributed by atoms with Crippen LogP contribution in [0.1, 0.15) is 28.8 Å². The normalized spacial score (nSPS) is 14.7. The summed E-state index contributed by atoms with van der Waals surface area (Å²) in [6, 6.07) is 13.1. The first-order valence-electron chi connectivity index (χ1n) is 9.05. The van der Waals surface area contributed by atoms with Crippen molar-refractivity contribution in [2.24, 2.45) is 0 Å². The average molecular weight is 370 g/mol. The molecule has 1 saturated heterocycles. The van der Waals surface area contributed by atoms with Crippen LogP contribution in [-0.4, -0.2) is 42.5 Å². The molecule has 3 rings (SSSR count). The SMILES string of the molecule is Cc1ccc(OCC(=O)NC2CCN(C(=O)c3ccc(F)cc3)CC2)cc1. The van der Waals surface area contributed by atoms with Gasteiger partial charge < -0.3 is 15.0 Å². The number of carbonyl (C=O) groups excluding carboxylic acids is 2. The minimum absolute atomic E-state index is 0.0244. The van der Waals surface area contributed by atoms with E-state index in [1.54, 1.807) is 4.90 Å². The molecule has 5 nitrogen and oxygen atoms in total. The van der Waals surface area contributed by atoms with Crippen LogP contribution in [-0.2, 0) is 4.79 Å². The predicted molar refractivity (Wildman–Crippen MR) is 100 cm³/mol. The second-order valence-corrected chi connectivity index (χ2v) is 6.74. The molecule has 0 aliphatic carbocycles. The molecule has 2 amide bonds. The highest BCUT2D eigenvalue weighted by atomic mass is 19.1. The fourth-order valence-electron chi connectivity index (χ4n) is 3.05. The first kappa shape index (κ1) is 18.9. The van der Waals surface area contributed by atoms with E-state index < -0.39 is 0 Å². The van der Waals surface area contributed by atoms with Crippen LogP contribution in [0.4, 0.5) is 4.39 Å². The van der Waals surface area contributed by atoms with Gasteiger partial charge in [0.2, 0.25) is 0 Å². The third kappa shape index (κ3) is 5.29. The van der Waals surface area contributed by atoms with Crippen molar-refractivity contribution in [2.45, 2.75) is 25.8 Å². The number of likely N-dealkylation sites (tertiary alicyclic amines) is 1. The quantitative estimate of drug-likeness (QED) is 0.880. The number of hydrogen-bond acceptors (Lipinski definition) is 3. The molecule has 0 aromatic heterocycles. The Morgan fingerprint density at radius 3 is 2.33 bits per heavy atom. The van der Waals surface area contributed by atoms with Crippen LogP contribution in [0.3, 0.4) is 0 Å². The molecule has 1 heterocycles. The zero-order valence-electron chi connectivity index (χ0n) is 15.3. The molecule has 1 aliphatic rings. The fourth-order valence-corrected chi connectivity index (χ4v) is 3.05. The van der Waals surface area contributed by atoms with E-state index >= 15 is 0 Å². The Morgan fingerprint density at radius 1 is 1.07 bits per heavy atom. The summed E-state index contributed by atoms with van der Waals surface area (Å²) in [5.74, 6) is 0.0256. The summed E-state index contributed by atoms with van der Waals surface area (Å²) in [5.41, 5.74) is 1.61. The summed E-state index contributed by atoms with van der Waals surface area (Å²) in [6.07, 6.45) is 1.37. The Hall–Kier alpha value is -2.89. The molecule has 27 heavy (non-hydrogen) atoms. The van der Waals surface area contributed by atoms with E-state index in [-0.39, 0.29) is 30.3 Å². The van der Waals surface area contributed by atoms with E-state index in [4.69, 9.17) is 4.74 Å². The lowest BCUT2D eigenvalue weighted by atomic mass is 10.0. The van der Waals surface area contributed by atoms with E-state index in [2.05, 4.69) is 5.32 Å². The van der Waals surface area contributed by atoms with Gasteiger partial charge in [0, 0.05) is 24.7 Å². The van der Waals surface area contributed by atoms with Gasteiger partial charge in [0.25, 0.3) is 11.8 Å². The van der Waals surface area contributed by atoms with Gasteiger partial charge in [-0.3, -0.25) is 9.59 Å². The van der Waals surface area contributed by atoms with Crippen molar-refractivity contribution in [1.82, 2.24) is 10.2 Å². The average Bonchev–Trinajstić information content (AvgIpc) is 2.68. The molecule has 0 unspecified atom stereocenters. The first-order chi connectivity index (χ1) is 13.0. The van der Waals surface area contributed by atoms with Crippen molar-refractivity contribution >= 4 is 11.8 Å². The minimum Gasteiger partial charge on any atom is -0.484 e. The lowest BCUT2D eigenvalue weighted by molar-refractivity contribution is -0.124. The number of halogens is 1. The van der Waals surface area contributed by atoms with Gasteiger partial charge in [-0.15, -0.1) is 0 Å². The maximum atomic E-state index is 13.0. The minimum atomic E-state index is -0.360. The Labute approximate surface area is 158 Å². The number of rotatable bonds is 5. The third-order valence-corrected chi connectivity index (χ3v) is 4.63. The Balaban J connectivity index is 1.42. The largest absolute Gasteiger partial charge is 0.484 e. The highest BCUT2D eigenvalue weighted by Gasteiger charge is 2.24. The molecule has 1 aliphatic heterocycles. The van der Waals surface area contributed by atoms with Crippen molar-refractivity contribution in [3.05, 3.63) is 65.5 Å². The lowest BCUT2D eigenvalue weighted by Gasteiger charge is -2.32. The van der Waals surface area contributed by atoms with E-state index in [1.807, 2.05) is 31.2 Å². The van der Waals surface area contributed by atoms with Crippen molar-refractivity contribution in [3.8, 4) is 5.75 Å². The standard InChI is InChI=1S/C21H23FN2O3/c1-15-2-8-19(9-3-15)27-14-20(25)23-18-10-12-24(13-11-18)21(26)16-4-6-17(22)7-5-16/h2-9,18H,10-14H2,1H3,(H,23,25). The Morgan fingerprint density at radius 2 is 1.70 bits per heavy atom. The molecule has 0 saturated carbocycles. The van der Waals surface area contributed by atoms with Crippen LogP contribution in [0.5, 0.6) is 5.75 Å². The summed E-state index contributed by atoms with van der Waals surface area (Å²) >= 11 is 0. The highest BCUT2D eigenvalue weighted by molar-refractivity contribution is 5.94.